The average molecular weight is 444 g/mol. The van der Waals surface area contributed by atoms with Gasteiger partial charge in [0.25, 0.3) is 5.91 Å². The predicted molar refractivity (Wildman–Crippen MR) is 125 cm³/mol. The van der Waals surface area contributed by atoms with Crippen molar-refractivity contribution in [1.29, 1.82) is 0 Å². The number of carbonyl (C=O) groups excluding carboxylic acids is 2. The zero-order valence-electron chi connectivity index (χ0n) is 18.6. The van der Waals surface area contributed by atoms with Crippen LogP contribution < -0.4 is 15.0 Å². The molecule has 0 bridgehead atoms. The van der Waals surface area contributed by atoms with Crippen molar-refractivity contribution < 1.29 is 14.3 Å². The molecule has 1 heterocycles. The highest BCUT2D eigenvalue weighted by molar-refractivity contribution is 6.32. The van der Waals surface area contributed by atoms with E-state index in [-0.39, 0.29) is 24.3 Å². The van der Waals surface area contributed by atoms with Crippen molar-refractivity contribution in [3.63, 3.8) is 0 Å². The number of anilines is 2. The maximum atomic E-state index is 12.3. The van der Waals surface area contributed by atoms with Crippen molar-refractivity contribution in [2.24, 2.45) is 5.92 Å². The van der Waals surface area contributed by atoms with Gasteiger partial charge < -0.3 is 19.9 Å². The zero-order valence-corrected chi connectivity index (χ0v) is 19.3. The Kier molecular flexibility index (Phi) is 7.44. The normalized spacial score (nSPS) is 14.0. The first-order valence-electron chi connectivity index (χ1n) is 10.6. The number of nitrogens with one attached hydrogen (secondary N) is 1. The molecule has 0 unspecified atom stereocenters. The lowest BCUT2D eigenvalue weighted by Gasteiger charge is -2.37. The van der Waals surface area contributed by atoms with E-state index in [1.165, 1.54) is 0 Å². The lowest BCUT2D eigenvalue weighted by Crippen LogP contribution is -2.49. The van der Waals surface area contributed by atoms with Crippen LogP contribution in [0.5, 0.6) is 5.75 Å². The van der Waals surface area contributed by atoms with E-state index in [0.29, 0.717) is 10.8 Å². The van der Waals surface area contributed by atoms with Crippen LogP contribution in [0, 0.1) is 19.8 Å². The number of aryl methyl sites for hydroxylation is 2. The number of hydrogen-bond donors (Lipinski definition) is 1. The van der Waals surface area contributed by atoms with Gasteiger partial charge in [-0.05, 0) is 61.4 Å². The Hall–Kier alpha value is -2.73. The van der Waals surface area contributed by atoms with E-state index >= 15 is 0 Å². The summed E-state index contributed by atoms with van der Waals surface area (Å²) in [5.41, 5.74) is 3.64. The number of ether oxygens (including phenoxy) is 1. The van der Waals surface area contributed by atoms with Crippen LogP contribution in [0.15, 0.2) is 36.4 Å². The topological polar surface area (TPSA) is 61.9 Å². The number of benzene rings is 2. The van der Waals surface area contributed by atoms with Crippen LogP contribution in [-0.2, 0) is 9.59 Å². The van der Waals surface area contributed by atoms with Gasteiger partial charge in [-0.2, -0.15) is 0 Å². The first-order chi connectivity index (χ1) is 14.7. The second-order valence-electron chi connectivity index (χ2n) is 8.22. The molecular weight excluding hydrogens is 414 g/mol. The van der Waals surface area contributed by atoms with Gasteiger partial charge in [0, 0.05) is 48.5 Å². The van der Waals surface area contributed by atoms with Crippen molar-refractivity contribution in [3.05, 3.63) is 52.5 Å². The standard InChI is InChI=1S/C24H30ClN3O3/c1-16(2)24(30)28-11-9-27(10-12-28)20-7-5-19(6-8-20)26-22(29)15-31-21-13-17(3)23(25)18(4)14-21/h5-8,13-14,16H,9-12,15H2,1-4H3,(H,26,29). The molecule has 0 spiro atoms. The van der Waals surface area contributed by atoms with Gasteiger partial charge in [0.2, 0.25) is 5.91 Å². The lowest BCUT2D eigenvalue weighted by atomic mass is 10.1. The molecule has 3 rings (SSSR count). The summed E-state index contributed by atoms with van der Waals surface area (Å²) < 4.78 is 5.61. The third-order valence-electron chi connectivity index (χ3n) is 5.38. The van der Waals surface area contributed by atoms with Crippen molar-refractivity contribution >= 4 is 34.8 Å². The van der Waals surface area contributed by atoms with Gasteiger partial charge in [-0.1, -0.05) is 25.4 Å². The summed E-state index contributed by atoms with van der Waals surface area (Å²) in [5, 5.41) is 3.57. The molecule has 6 nitrogen and oxygen atoms in total. The molecule has 0 atom stereocenters. The van der Waals surface area contributed by atoms with Crippen molar-refractivity contribution in [2.45, 2.75) is 27.7 Å². The van der Waals surface area contributed by atoms with Gasteiger partial charge in [0.1, 0.15) is 5.75 Å². The number of amides is 2. The van der Waals surface area contributed by atoms with Gasteiger partial charge >= 0.3 is 0 Å². The summed E-state index contributed by atoms with van der Waals surface area (Å²) in [6, 6.07) is 11.4. The SMILES string of the molecule is Cc1cc(OCC(=O)Nc2ccc(N3CCN(C(=O)C(C)C)CC3)cc2)cc(C)c1Cl. The zero-order chi connectivity index (χ0) is 22.5. The number of rotatable bonds is 6. The minimum atomic E-state index is -0.223. The number of nitrogens with zero attached hydrogens (tertiary/aromatic N) is 2. The van der Waals surface area contributed by atoms with Crippen LogP contribution in [0.2, 0.25) is 5.02 Å². The first kappa shape index (κ1) is 22.9. The lowest BCUT2D eigenvalue weighted by molar-refractivity contribution is -0.134. The summed E-state index contributed by atoms with van der Waals surface area (Å²) in [7, 11) is 0. The van der Waals surface area contributed by atoms with Crippen molar-refractivity contribution in [1.82, 2.24) is 4.90 Å². The molecule has 2 amide bonds. The van der Waals surface area contributed by atoms with Gasteiger partial charge in [0.05, 0.1) is 0 Å². The second kappa shape index (κ2) is 10.1. The summed E-state index contributed by atoms with van der Waals surface area (Å²) in [6.45, 7) is 10.7. The van der Waals surface area contributed by atoms with Crippen LogP contribution in [0.4, 0.5) is 11.4 Å². The quantitative estimate of drug-likeness (QED) is 0.723. The second-order valence-corrected chi connectivity index (χ2v) is 8.60. The average Bonchev–Trinajstić information content (AvgIpc) is 2.76. The monoisotopic (exact) mass is 443 g/mol. The van der Waals surface area contributed by atoms with E-state index in [2.05, 4.69) is 10.2 Å². The van der Waals surface area contributed by atoms with Crippen LogP contribution in [0.3, 0.4) is 0 Å². The van der Waals surface area contributed by atoms with Gasteiger partial charge in [0.15, 0.2) is 6.61 Å². The molecular formula is C24H30ClN3O3. The molecule has 1 N–H and O–H groups in total. The molecule has 7 heteroatoms. The summed E-state index contributed by atoms with van der Waals surface area (Å²) in [5.74, 6) is 0.647. The Morgan fingerprint density at radius 3 is 2.16 bits per heavy atom. The van der Waals surface area contributed by atoms with Gasteiger partial charge in [-0.15, -0.1) is 0 Å². The van der Waals surface area contributed by atoms with Gasteiger partial charge in [-0.25, -0.2) is 0 Å². The Morgan fingerprint density at radius 1 is 1.03 bits per heavy atom. The highest BCUT2D eigenvalue weighted by atomic mass is 35.5. The van der Waals surface area contributed by atoms with E-state index in [1.807, 2.05) is 69.0 Å². The Balaban J connectivity index is 1.49. The largest absolute Gasteiger partial charge is 0.484 e. The fourth-order valence-corrected chi connectivity index (χ4v) is 3.75. The van der Waals surface area contributed by atoms with E-state index in [1.54, 1.807) is 0 Å². The number of hydrogen-bond acceptors (Lipinski definition) is 4. The van der Waals surface area contributed by atoms with Crippen molar-refractivity contribution in [3.8, 4) is 5.75 Å². The smallest absolute Gasteiger partial charge is 0.262 e. The molecule has 31 heavy (non-hydrogen) atoms. The van der Waals surface area contributed by atoms with Crippen molar-refractivity contribution in [2.75, 3.05) is 43.0 Å². The molecule has 1 aliphatic heterocycles. The summed E-state index contributed by atoms with van der Waals surface area (Å²) in [6.07, 6.45) is 0. The van der Waals surface area contributed by atoms with Crippen LogP contribution in [0.25, 0.3) is 0 Å². The molecule has 2 aromatic rings. The highest BCUT2D eigenvalue weighted by Gasteiger charge is 2.22. The molecule has 0 aliphatic carbocycles. The van der Waals surface area contributed by atoms with Gasteiger partial charge in [-0.3, -0.25) is 9.59 Å². The molecule has 0 aromatic heterocycles. The molecule has 1 aliphatic rings. The summed E-state index contributed by atoms with van der Waals surface area (Å²) in [4.78, 5) is 28.6. The molecule has 166 valence electrons. The highest BCUT2D eigenvalue weighted by Crippen LogP contribution is 2.26. The molecule has 2 aromatic carbocycles. The minimum Gasteiger partial charge on any atom is -0.484 e. The Labute approximate surface area is 189 Å². The minimum absolute atomic E-state index is 0.0335. The number of piperazine rings is 1. The Bertz CT molecular complexity index is 913. The molecule has 0 radical (unpaired) electrons. The van der Waals surface area contributed by atoms with Crippen LogP contribution in [-0.4, -0.2) is 49.5 Å². The first-order valence-corrected chi connectivity index (χ1v) is 11.0. The van der Waals surface area contributed by atoms with E-state index in [9.17, 15) is 9.59 Å². The van der Waals surface area contributed by atoms with Crippen LogP contribution in [0.1, 0.15) is 25.0 Å². The maximum absolute atomic E-state index is 12.3. The maximum Gasteiger partial charge on any atom is 0.262 e. The number of carbonyl (C=O) groups is 2. The number of halogens is 1. The fourth-order valence-electron chi connectivity index (χ4n) is 3.64. The predicted octanol–water partition coefficient (Wildman–Crippen LogP) is 4.28. The van der Waals surface area contributed by atoms with E-state index < -0.39 is 0 Å². The summed E-state index contributed by atoms with van der Waals surface area (Å²) >= 11 is 6.17. The van der Waals surface area contributed by atoms with E-state index in [4.69, 9.17) is 16.3 Å². The molecule has 1 saturated heterocycles. The molecule has 1 fully saturated rings. The fraction of sp³-hybridized carbons (Fsp3) is 0.417. The molecule has 0 saturated carbocycles. The third-order valence-corrected chi connectivity index (χ3v) is 5.98. The van der Waals surface area contributed by atoms with E-state index in [0.717, 1.165) is 48.7 Å². The van der Waals surface area contributed by atoms with Crippen LogP contribution >= 0.6 is 11.6 Å². The Morgan fingerprint density at radius 2 is 1.61 bits per heavy atom. The third kappa shape index (κ3) is 5.91.